The molecule has 0 atom stereocenters. The van der Waals surface area contributed by atoms with Gasteiger partial charge in [0.25, 0.3) is 5.91 Å². The molecular formula is C22H21Cl3N4O3S. The Morgan fingerprint density at radius 3 is 2.33 bits per heavy atom. The predicted molar refractivity (Wildman–Crippen MR) is 135 cm³/mol. The van der Waals surface area contributed by atoms with Gasteiger partial charge < -0.3 is 4.57 Å². The number of carbonyl (C=O) groups excluding carboxylic acids is 1. The van der Waals surface area contributed by atoms with E-state index in [4.69, 9.17) is 34.8 Å². The van der Waals surface area contributed by atoms with Crippen molar-refractivity contribution < 1.29 is 13.2 Å². The lowest BCUT2D eigenvalue weighted by molar-refractivity contribution is -0.119. The molecule has 0 saturated heterocycles. The number of halogens is 3. The van der Waals surface area contributed by atoms with E-state index in [9.17, 15) is 13.2 Å². The van der Waals surface area contributed by atoms with Gasteiger partial charge in [0.15, 0.2) is 0 Å². The van der Waals surface area contributed by atoms with Crippen molar-refractivity contribution in [2.75, 3.05) is 17.1 Å². The first-order valence-corrected chi connectivity index (χ1v) is 12.6. The van der Waals surface area contributed by atoms with E-state index in [-0.39, 0.29) is 10.7 Å². The standard InChI is InChI=1S/C22H21Cl3N4O3S/c1-14-8-16(15(2)29(14)19-10-17(23)9-18(24)11-19)12-26-27-22(30)13-28(33(3,31)32)21-7-5-4-6-20(21)25/h4-12H,13H2,1-3H3,(H,27,30)/b26-12+. The van der Waals surface area contributed by atoms with Crippen LogP contribution in [0.1, 0.15) is 17.0 Å². The van der Waals surface area contributed by atoms with Gasteiger partial charge in [-0.1, -0.05) is 46.9 Å². The fraction of sp³-hybridized carbons (Fsp3) is 0.182. The van der Waals surface area contributed by atoms with Crippen LogP contribution in [-0.2, 0) is 14.8 Å². The van der Waals surface area contributed by atoms with Crippen molar-refractivity contribution in [2.24, 2.45) is 5.10 Å². The van der Waals surface area contributed by atoms with Crippen molar-refractivity contribution in [1.29, 1.82) is 0 Å². The van der Waals surface area contributed by atoms with Crippen LogP contribution in [0.5, 0.6) is 0 Å². The first kappa shape index (κ1) is 25.1. The quantitative estimate of drug-likeness (QED) is 0.348. The van der Waals surface area contributed by atoms with Crippen molar-refractivity contribution in [3.63, 3.8) is 0 Å². The Hall–Kier alpha value is -2.52. The van der Waals surface area contributed by atoms with E-state index < -0.39 is 22.5 Å². The molecule has 1 amide bonds. The van der Waals surface area contributed by atoms with Crippen molar-refractivity contribution in [3.8, 4) is 5.69 Å². The van der Waals surface area contributed by atoms with Gasteiger partial charge in [-0.25, -0.2) is 13.8 Å². The maximum absolute atomic E-state index is 12.4. The molecule has 3 rings (SSSR count). The van der Waals surface area contributed by atoms with Crippen LogP contribution in [0.25, 0.3) is 5.69 Å². The number of aromatic nitrogens is 1. The molecule has 0 saturated carbocycles. The van der Waals surface area contributed by atoms with Crippen LogP contribution < -0.4 is 9.73 Å². The van der Waals surface area contributed by atoms with Gasteiger partial charge in [0.2, 0.25) is 10.0 Å². The second-order valence-corrected chi connectivity index (χ2v) is 10.5. The Kier molecular flexibility index (Phi) is 7.74. The summed E-state index contributed by atoms with van der Waals surface area (Å²) in [5.74, 6) is -0.618. The highest BCUT2D eigenvalue weighted by molar-refractivity contribution is 7.92. The molecule has 0 radical (unpaired) electrons. The number of aryl methyl sites for hydroxylation is 1. The number of nitrogens with one attached hydrogen (secondary N) is 1. The van der Waals surface area contributed by atoms with E-state index in [0.29, 0.717) is 10.0 Å². The van der Waals surface area contributed by atoms with Gasteiger partial charge in [-0.3, -0.25) is 9.10 Å². The van der Waals surface area contributed by atoms with Gasteiger partial charge in [-0.05, 0) is 50.2 Å². The molecule has 33 heavy (non-hydrogen) atoms. The number of amides is 1. The third-order valence-electron chi connectivity index (χ3n) is 4.78. The first-order chi connectivity index (χ1) is 15.5. The van der Waals surface area contributed by atoms with Gasteiger partial charge in [0.1, 0.15) is 6.54 Å². The fourth-order valence-electron chi connectivity index (χ4n) is 3.36. The maximum atomic E-state index is 12.4. The average molecular weight is 528 g/mol. The zero-order valence-electron chi connectivity index (χ0n) is 18.0. The van der Waals surface area contributed by atoms with Gasteiger partial charge in [0, 0.05) is 32.7 Å². The molecule has 0 aliphatic rings. The summed E-state index contributed by atoms with van der Waals surface area (Å²) in [7, 11) is -3.75. The third kappa shape index (κ3) is 6.09. The lowest BCUT2D eigenvalue weighted by Gasteiger charge is -2.22. The van der Waals surface area contributed by atoms with E-state index in [1.54, 1.807) is 36.4 Å². The monoisotopic (exact) mass is 526 g/mol. The summed E-state index contributed by atoms with van der Waals surface area (Å²) in [6, 6.07) is 13.5. The van der Waals surface area contributed by atoms with Crippen LogP contribution >= 0.6 is 34.8 Å². The van der Waals surface area contributed by atoms with Crippen LogP contribution in [0.3, 0.4) is 0 Å². The van der Waals surface area contributed by atoms with E-state index in [1.807, 2.05) is 24.5 Å². The molecule has 11 heteroatoms. The van der Waals surface area contributed by atoms with Crippen LogP contribution in [0.15, 0.2) is 53.6 Å². The molecule has 3 aromatic rings. The molecule has 0 aliphatic heterocycles. The van der Waals surface area contributed by atoms with Gasteiger partial charge in [-0.2, -0.15) is 5.10 Å². The van der Waals surface area contributed by atoms with E-state index in [1.165, 1.54) is 12.3 Å². The van der Waals surface area contributed by atoms with Crippen molar-refractivity contribution >= 4 is 62.6 Å². The minimum absolute atomic E-state index is 0.213. The Labute approximate surface area is 207 Å². The SMILES string of the molecule is Cc1cc(/C=N/NC(=O)CN(c2ccccc2Cl)S(C)(=O)=O)c(C)n1-c1cc(Cl)cc(Cl)c1. The lowest BCUT2D eigenvalue weighted by atomic mass is 10.2. The zero-order chi connectivity index (χ0) is 24.3. The molecule has 0 spiro atoms. The van der Waals surface area contributed by atoms with Crippen LogP contribution in [0.2, 0.25) is 15.1 Å². The molecule has 0 fully saturated rings. The summed E-state index contributed by atoms with van der Waals surface area (Å²) in [5, 5.41) is 5.24. The molecule has 0 bridgehead atoms. The topological polar surface area (TPSA) is 83.8 Å². The van der Waals surface area contributed by atoms with Gasteiger partial charge in [0.05, 0.1) is 23.2 Å². The highest BCUT2D eigenvalue weighted by Gasteiger charge is 2.22. The smallest absolute Gasteiger partial charge is 0.260 e. The molecule has 174 valence electrons. The Morgan fingerprint density at radius 2 is 1.73 bits per heavy atom. The highest BCUT2D eigenvalue weighted by atomic mass is 35.5. The minimum atomic E-state index is -3.75. The van der Waals surface area contributed by atoms with Crippen LogP contribution in [0.4, 0.5) is 5.69 Å². The molecule has 1 aromatic heterocycles. The molecular weight excluding hydrogens is 507 g/mol. The predicted octanol–water partition coefficient (Wildman–Crippen LogP) is 4.97. The van der Waals surface area contributed by atoms with Crippen molar-refractivity contribution in [3.05, 3.63) is 80.6 Å². The second-order valence-electron chi connectivity index (χ2n) is 7.30. The van der Waals surface area contributed by atoms with Gasteiger partial charge in [-0.15, -0.1) is 0 Å². The number of sulfonamides is 1. The first-order valence-electron chi connectivity index (χ1n) is 9.67. The van der Waals surface area contributed by atoms with Crippen LogP contribution in [-0.4, -0.2) is 37.9 Å². The number of nitrogens with zero attached hydrogens (tertiary/aromatic N) is 3. The molecule has 1 N–H and O–H groups in total. The Morgan fingerprint density at radius 1 is 1.09 bits per heavy atom. The summed E-state index contributed by atoms with van der Waals surface area (Å²) in [6.07, 6.45) is 2.49. The fourth-order valence-corrected chi connectivity index (χ4v) is 5.03. The van der Waals surface area contributed by atoms with Gasteiger partial charge >= 0.3 is 0 Å². The summed E-state index contributed by atoms with van der Waals surface area (Å²) in [4.78, 5) is 12.4. The van der Waals surface area contributed by atoms with Crippen molar-refractivity contribution in [1.82, 2.24) is 9.99 Å². The summed E-state index contributed by atoms with van der Waals surface area (Å²) in [6.45, 7) is 3.35. The minimum Gasteiger partial charge on any atom is -0.318 e. The number of para-hydroxylation sites is 1. The Balaban J connectivity index is 1.77. The number of hydrazone groups is 1. The highest BCUT2D eigenvalue weighted by Crippen LogP contribution is 2.27. The van der Waals surface area contributed by atoms with Crippen molar-refractivity contribution in [2.45, 2.75) is 13.8 Å². The number of rotatable bonds is 7. The molecule has 2 aromatic carbocycles. The van der Waals surface area contributed by atoms with E-state index in [2.05, 4.69) is 10.5 Å². The molecule has 0 aliphatic carbocycles. The summed E-state index contributed by atoms with van der Waals surface area (Å²) < 4.78 is 27.3. The second kappa shape index (κ2) is 10.2. The lowest BCUT2D eigenvalue weighted by Crippen LogP contribution is -2.39. The average Bonchev–Trinajstić information content (AvgIpc) is 2.98. The Bertz CT molecular complexity index is 1320. The number of carbonyl (C=O) groups is 1. The molecule has 1 heterocycles. The number of hydrogen-bond donors (Lipinski definition) is 1. The molecule has 7 nitrogen and oxygen atoms in total. The maximum Gasteiger partial charge on any atom is 0.260 e. The van der Waals surface area contributed by atoms with Crippen LogP contribution in [0, 0.1) is 13.8 Å². The molecule has 0 unspecified atom stereocenters. The number of benzene rings is 2. The van der Waals surface area contributed by atoms with E-state index >= 15 is 0 Å². The largest absolute Gasteiger partial charge is 0.318 e. The summed E-state index contributed by atoms with van der Waals surface area (Å²) in [5.41, 5.74) is 5.92. The number of anilines is 1. The third-order valence-corrected chi connectivity index (χ3v) is 6.66. The normalized spacial score (nSPS) is 11.7. The number of hydrogen-bond acceptors (Lipinski definition) is 4. The zero-order valence-corrected chi connectivity index (χ0v) is 21.1. The summed E-state index contributed by atoms with van der Waals surface area (Å²) >= 11 is 18.4. The van der Waals surface area contributed by atoms with E-state index in [0.717, 1.165) is 33.2 Å².